The molecule has 0 bridgehead atoms. The molecule has 0 spiro atoms. The fourth-order valence-corrected chi connectivity index (χ4v) is 1.97. The van der Waals surface area contributed by atoms with E-state index in [0.29, 0.717) is 9.39 Å². The molecule has 0 saturated heterocycles. The summed E-state index contributed by atoms with van der Waals surface area (Å²) < 4.78 is 24.8. The first kappa shape index (κ1) is 13.4. The SMILES string of the molecule is CNS(=O)(=O)CCNc1nc[nH]c(=O)c1I. The fourth-order valence-electron chi connectivity index (χ4n) is 0.912. The highest BCUT2D eigenvalue weighted by Gasteiger charge is 2.08. The maximum Gasteiger partial charge on any atom is 0.266 e. The summed E-state index contributed by atoms with van der Waals surface area (Å²) in [6, 6.07) is 0. The van der Waals surface area contributed by atoms with Crippen molar-refractivity contribution in [2.24, 2.45) is 0 Å². The molecule has 0 fully saturated rings. The first-order valence-electron chi connectivity index (χ1n) is 4.34. The van der Waals surface area contributed by atoms with E-state index in [1.165, 1.54) is 13.4 Å². The minimum Gasteiger partial charge on any atom is -0.368 e. The summed E-state index contributed by atoms with van der Waals surface area (Å²) in [7, 11) is -1.89. The second-order valence-electron chi connectivity index (χ2n) is 2.84. The van der Waals surface area contributed by atoms with Crippen LogP contribution in [0.15, 0.2) is 11.1 Å². The van der Waals surface area contributed by atoms with Gasteiger partial charge < -0.3 is 10.3 Å². The molecular weight excluding hydrogens is 347 g/mol. The molecule has 1 rings (SSSR count). The normalized spacial score (nSPS) is 11.4. The number of hydrogen-bond donors (Lipinski definition) is 3. The Balaban J connectivity index is 2.63. The van der Waals surface area contributed by atoms with Gasteiger partial charge in [0.15, 0.2) is 0 Å². The van der Waals surface area contributed by atoms with E-state index >= 15 is 0 Å². The van der Waals surface area contributed by atoms with E-state index in [0.717, 1.165) is 0 Å². The zero-order valence-corrected chi connectivity index (χ0v) is 11.4. The molecule has 0 aliphatic rings. The Bertz CT molecular complexity index is 513. The number of halogens is 1. The lowest BCUT2D eigenvalue weighted by Gasteiger charge is -2.06. The zero-order valence-electron chi connectivity index (χ0n) is 8.45. The minimum absolute atomic E-state index is 0.0753. The van der Waals surface area contributed by atoms with Gasteiger partial charge in [-0.15, -0.1) is 0 Å². The molecule has 0 radical (unpaired) electrons. The van der Waals surface area contributed by atoms with Crippen molar-refractivity contribution < 1.29 is 8.42 Å². The van der Waals surface area contributed by atoms with Gasteiger partial charge in [-0.1, -0.05) is 0 Å². The van der Waals surface area contributed by atoms with Crippen LogP contribution < -0.4 is 15.6 Å². The Kier molecular flexibility index (Phi) is 4.68. The van der Waals surface area contributed by atoms with Crippen LogP contribution in [0.5, 0.6) is 0 Å². The number of rotatable bonds is 5. The van der Waals surface area contributed by atoms with Gasteiger partial charge in [-0.2, -0.15) is 0 Å². The molecule has 0 saturated carbocycles. The molecule has 0 aliphatic heterocycles. The van der Waals surface area contributed by atoms with Crippen LogP contribution in [0.2, 0.25) is 0 Å². The Morgan fingerprint density at radius 2 is 2.25 bits per heavy atom. The molecule has 0 aliphatic carbocycles. The molecule has 1 aromatic heterocycles. The van der Waals surface area contributed by atoms with Gasteiger partial charge in [0.05, 0.1) is 12.1 Å². The maximum atomic E-state index is 11.2. The monoisotopic (exact) mass is 358 g/mol. The van der Waals surface area contributed by atoms with Crippen molar-refractivity contribution in [3.63, 3.8) is 0 Å². The molecule has 90 valence electrons. The highest BCUT2D eigenvalue weighted by atomic mass is 127. The Morgan fingerprint density at radius 1 is 1.56 bits per heavy atom. The number of aromatic nitrogens is 2. The van der Waals surface area contributed by atoms with Crippen molar-refractivity contribution in [3.05, 3.63) is 20.3 Å². The highest BCUT2D eigenvalue weighted by Crippen LogP contribution is 2.07. The number of H-pyrrole nitrogens is 1. The predicted octanol–water partition coefficient (Wildman–Crippen LogP) is -0.664. The van der Waals surface area contributed by atoms with E-state index in [-0.39, 0.29) is 17.9 Å². The summed E-state index contributed by atoms with van der Waals surface area (Å²) in [5.41, 5.74) is -0.255. The number of sulfonamides is 1. The van der Waals surface area contributed by atoms with Gasteiger partial charge in [-0.25, -0.2) is 18.1 Å². The van der Waals surface area contributed by atoms with Crippen LogP contribution in [-0.2, 0) is 10.0 Å². The van der Waals surface area contributed by atoms with Gasteiger partial charge in [-0.3, -0.25) is 4.79 Å². The number of nitrogens with zero attached hydrogens (tertiary/aromatic N) is 1. The third-order valence-electron chi connectivity index (χ3n) is 1.77. The molecule has 0 aromatic carbocycles. The second-order valence-corrected chi connectivity index (χ2v) is 5.97. The van der Waals surface area contributed by atoms with Crippen LogP contribution in [0.4, 0.5) is 5.82 Å². The Labute approximate surface area is 106 Å². The van der Waals surface area contributed by atoms with Gasteiger partial charge in [0.1, 0.15) is 9.39 Å². The van der Waals surface area contributed by atoms with E-state index in [2.05, 4.69) is 20.0 Å². The van der Waals surface area contributed by atoms with Crippen molar-refractivity contribution in [3.8, 4) is 0 Å². The van der Waals surface area contributed by atoms with Crippen molar-refractivity contribution in [2.75, 3.05) is 24.7 Å². The van der Waals surface area contributed by atoms with Crippen LogP contribution in [0.25, 0.3) is 0 Å². The summed E-state index contributed by atoms with van der Waals surface area (Å²) in [6.07, 6.45) is 1.26. The Hall–Kier alpha value is -0.680. The zero-order chi connectivity index (χ0) is 12.2. The van der Waals surface area contributed by atoms with Crippen LogP contribution in [0.1, 0.15) is 0 Å². The average molecular weight is 358 g/mol. The molecule has 3 N–H and O–H groups in total. The lowest BCUT2D eigenvalue weighted by atomic mass is 10.5. The average Bonchev–Trinajstić information content (AvgIpc) is 2.24. The van der Waals surface area contributed by atoms with Crippen molar-refractivity contribution >= 4 is 38.4 Å². The van der Waals surface area contributed by atoms with Gasteiger partial charge >= 0.3 is 0 Å². The van der Waals surface area contributed by atoms with Gasteiger partial charge in [0.2, 0.25) is 10.0 Å². The standard InChI is InChI=1S/C7H11IN4O3S/c1-9-16(14,15)3-2-10-6-5(8)7(13)12-4-11-6/h4,9H,2-3H2,1H3,(H2,10,11,12,13). The van der Waals surface area contributed by atoms with Crippen LogP contribution in [0, 0.1) is 3.57 Å². The lowest BCUT2D eigenvalue weighted by Crippen LogP contribution is -2.27. The smallest absolute Gasteiger partial charge is 0.266 e. The first-order valence-corrected chi connectivity index (χ1v) is 7.07. The maximum absolute atomic E-state index is 11.2. The molecule has 9 heteroatoms. The van der Waals surface area contributed by atoms with Crippen molar-refractivity contribution in [2.45, 2.75) is 0 Å². The second kappa shape index (κ2) is 5.59. The summed E-state index contributed by atoms with van der Waals surface area (Å²) in [5, 5.41) is 2.79. The van der Waals surface area contributed by atoms with E-state index in [9.17, 15) is 13.2 Å². The van der Waals surface area contributed by atoms with E-state index in [4.69, 9.17) is 0 Å². The number of aromatic amines is 1. The van der Waals surface area contributed by atoms with E-state index < -0.39 is 10.0 Å². The van der Waals surface area contributed by atoms with Crippen LogP contribution in [0.3, 0.4) is 0 Å². The highest BCUT2D eigenvalue weighted by molar-refractivity contribution is 14.1. The van der Waals surface area contributed by atoms with Crippen LogP contribution in [-0.4, -0.2) is 37.7 Å². The number of hydrogen-bond acceptors (Lipinski definition) is 5. The van der Waals surface area contributed by atoms with E-state index in [1.54, 1.807) is 0 Å². The summed E-state index contributed by atoms with van der Waals surface area (Å²) >= 11 is 1.84. The molecule has 0 unspecified atom stereocenters. The van der Waals surface area contributed by atoms with Crippen molar-refractivity contribution in [1.29, 1.82) is 0 Å². The summed E-state index contributed by atoms with van der Waals surface area (Å²) in [6.45, 7) is 0.190. The third kappa shape index (κ3) is 3.72. The number of anilines is 1. The van der Waals surface area contributed by atoms with Gasteiger partial charge in [0, 0.05) is 6.54 Å². The molecule has 1 heterocycles. The summed E-state index contributed by atoms with van der Waals surface area (Å²) in [4.78, 5) is 17.5. The quantitative estimate of drug-likeness (QED) is 0.606. The van der Waals surface area contributed by atoms with E-state index in [1.807, 2.05) is 22.6 Å². The number of nitrogens with one attached hydrogen (secondary N) is 3. The molecule has 7 nitrogen and oxygen atoms in total. The topological polar surface area (TPSA) is 104 Å². The largest absolute Gasteiger partial charge is 0.368 e. The molecule has 0 atom stereocenters. The van der Waals surface area contributed by atoms with Gasteiger partial charge in [0.25, 0.3) is 5.56 Å². The lowest BCUT2D eigenvalue weighted by molar-refractivity contribution is 0.588. The molecular formula is C7H11IN4O3S. The fraction of sp³-hybridized carbons (Fsp3) is 0.429. The molecule has 0 amide bonds. The van der Waals surface area contributed by atoms with Gasteiger partial charge in [-0.05, 0) is 29.6 Å². The minimum atomic E-state index is -3.24. The molecule has 16 heavy (non-hydrogen) atoms. The third-order valence-corrected chi connectivity index (χ3v) is 4.14. The molecule has 1 aromatic rings. The summed E-state index contributed by atoms with van der Waals surface area (Å²) in [5.74, 6) is 0.310. The van der Waals surface area contributed by atoms with Crippen molar-refractivity contribution in [1.82, 2.24) is 14.7 Å². The first-order chi connectivity index (χ1) is 7.46. The Morgan fingerprint density at radius 3 is 2.88 bits per heavy atom. The van der Waals surface area contributed by atoms with Crippen LogP contribution >= 0.6 is 22.6 Å². The predicted molar refractivity (Wildman–Crippen MR) is 68.9 cm³/mol.